The first-order valence-electron chi connectivity index (χ1n) is 9.50. The molecule has 7 heteroatoms. The van der Waals surface area contributed by atoms with E-state index in [1.807, 2.05) is 4.90 Å². The highest BCUT2D eigenvalue weighted by atomic mass is 19.4. The molecule has 1 saturated carbocycles. The minimum absolute atomic E-state index is 0.166. The van der Waals surface area contributed by atoms with Crippen molar-refractivity contribution in [3.05, 3.63) is 53.9 Å². The molecule has 28 heavy (non-hydrogen) atoms. The lowest BCUT2D eigenvalue weighted by Crippen LogP contribution is -2.47. The van der Waals surface area contributed by atoms with Crippen LogP contribution in [-0.2, 0) is 6.18 Å². The van der Waals surface area contributed by atoms with E-state index in [0.717, 1.165) is 25.0 Å². The van der Waals surface area contributed by atoms with Crippen molar-refractivity contribution in [1.29, 1.82) is 0 Å². The summed E-state index contributed by atoms with van der Waals surface area (Å²) in [6.07, 6.45) is -0.750. The molecule has 4 nitrogen and oxygen atoms in total. The van der Waals surface area contributed by atoms with Gasteiger partial charge in [-0.2, -0.15) is 13.2 Å². The Balaban J connectivity index is 1.57. The highest BCUT2D eigenvalue weighted by Crippen LogP contribution is 2.41. The average molecular weight is 389 g/mol. The number of hydrogen-bond donors (Lipinski definition) is 1. The Bertz CT molecular complexity index is 869. The van der Waals surface area contributed by atoms with Crippen molar-refractivity contribution in [2.75, 3.05) is 19.6 Å². The van der Waals surface area contributed by atoms with Crippen molar-refractivity contribution in [3.8, 4) is 11.1 Å². The molecule has 2 bridgehead atoms. The second-order valence-corrected chi connectivity index (χ2v) is 7.72. The van der Waals surface area contributed by atoms with Gasteiger partial charge >= 0.3 is 6.18 Å². The molecule has 0 spiro atoms. The minimum atomic E-state index is -4.41. The molecule has 1 aromatic heterocycles. The van der Waals surface area contributed by atoms with Crippen molar-refractivity contribution in [3.63, 3.8) is 0 Å². The predicted octanol–water partition coefficient (Wildman–Crippen LogP) is 3.82. The fourth-order valence-corrected chi connectivity index (χ4v) is 4.65. The molecule has 2 atom stereocenters. The molecule has 1 saturated heterocycles. The van der Waals surface area contributed by atoms with Gasteiger partial charge in [-0.05, 0) is 72.5 Å². The third-order valence-corrected chi connectivity index (χ3v) is 6.09. The van der Waals surface area contributed by atoms with E-state index < -0.39 is 11.7 Å². The number of aromatic nitrogens is 1. The van der Waals surface area contributed by atoms with Gasteiger partial charge in [0.15, 0.2) is 0 Å². The highest BCUT2D eigenvalue weighted by molar-refractivity contribution is 5.93. The van der Waals surface area contributed by atoms with Crippen molar-refractivity contribution in [2.45, 2.75) is 19.0 Å². The number of carbonyl (C=O) groups excluding carboxylic acids is 1. The molecular weight excluding hydrogens is 367 g/mol. The molecule has 0 radical (unpaired) electrons. The quantitative estimate of drug-likeness (QED) is 0.868. The molecule has 1 aliphatic heterocycles. The van der Waals surface area contributed by atoms with Gasteiger partial charge < -0.3 is 10.6 Å². The topological polar surface area (TPSA) is 59.2 Å². The number of hydrogen-bond acceptors (Lipinski definition) is 3. The molecule has 2 aliphatic rings. The molecule has 2 heterocycles. The van der Waals surface area contributed by atoms with Crippen molar-refractivity contribution in [1.82, 2.24) is 9.88 Å². The number of piperidine rings is 1. The Kier molecular flexibility index (Phi) is 4.87. The van der Waals surface area contributed by atoms with Crippen LogP contribution in [-0.4, -0.2) is 35.4 Å². The van der Waals surface area contributed by atoms with E-state index in [0.29, 0.717) is 48.5 Å². The summed E-state index contributed by atoms with van der Waals surface area (Å²) in [4.78, 5) is 19.0. The van der Waals surface area contributed by atoms with E-state index >= 15 is 0 Å². The first-order valence-corrected chi connectivity index (χ1v) is 9.50. The number of benzene rings is 1. The van der Waals surface area contributed by atoms with E-state index in [-0.39, 0.29) is 11.6 Å². The van der Waals surface area contributed by atoms with Crippen molar-refractivity contribution in [2.24, 2.45) is 23.5 Å². The van der Waals surface area contributed by atoms with Crippen LogP contribution in [0.3, 0.4) is 0 Å². The van der Waals surface area contributed by atoms with Gasteiger partial charge in [0, 0.05) is 19.3 Å². The number of nitrogens with two attached hydrogens (primary N) is 1. The van der Waals surface area contributed by atoms with Crippen LogP contribution in [0.4, 0.5) is 13.2 Å². The predicted molar refractivity (Wildman–Crippen MR) is 99.3 cm³/mol. The van der Waals surface area contributed by atoms with Crippen LogP contribution in [0.2, 0.25) is 0 Å². The number of carbonyl (C=O) groups is 1. The van der Waals surface area contributed by atoms with Crippen LogP contribution < -0.4 is 5.73 Å². The lowest BCUT2D eigenvalue weighted by molar-refractivity contribution is -0.137. The molecule has 1 aliphatic carbocycles. The average Bonchev–Trinajstić information content (AvgIpc) is 2.94. The SMILES string of the molecule is NCC1C2CCC1CN(C(=O)c1cc(-c3cccc(C(F)(F)F)c3)ccn1)C2. The Labute approximate surface area is 161 Å². The van der Waals surface area contributed by atoms with Crippen molar-refractivity contribution < 1.29 is 18.0 Å². The third-order valence-electron chi connectivity index (χ3n) is 6.09. The second kappa shape index (κ2) is 7.20. The molecular formula is C21H22F3N3O. The molecule has 148 valence electrons. The van der Waals surface area contributed by atoms with Crippen LogP contribution in [0.5, 0.6) is 0 Å². The molecule has 1 aromatic carbocycles. The summed E-state index contributed by atoms with van der Waals surface area (Å²) in [5, 5.41) is 0. The molecule has 2 aromatic rings. The maximum absolute atomic E-state index is 13.0. The summed E-state index contributed by atoms with van der Waals surface area (Å²) in [5.74, 6) is 1.17. The van der Waals surface area contributed by atoms with Gasteiger partial charge in [0.1, 0.15) is 5.69 Å². The molecule has 2 fully saturated rings. The van der Waals surface area contributed by atoms with E-state index in [9.17, 15) is 18.0 Å². The Morgan fingerprint density at radius 3 is 2.43 bits per heavy atom. The maximum atomic E-state index is 13.0. The zero-order chi connectivity index (χ0) is 19.9. The number of alkyl halides is 3. The number of fused-ring (bicyclic) bond motifs is 2. The first kappa shape index (κ1) is 18.9. The van der Waals surface area contributed by atoms with Gasteiger partial charge in [-0.3, -0.25) is 9.78 Å². The third kappa shape index (κ3) is 3.51. The molecule has 4 rings (SSSR count). The van der Waals surface area contributed by atoms with Gasteiger partial charge in [0.25, 0.3) is 5.91 Å². The normalized spacial score (nSPS) is 24.4. The van der Waals surface area contributed by atoms with Crippen LogP contribution in [0, 0.1) is 17.8 Å². The number of amides is 1. The largest absolute Gasteiger partial charge is 0.416 e. The smallest absolute Gasteiger partial charge is 0.337 e. The van der Waals surface area contributed by atoms with E-state index in [2.05, 4.69) is 4.98 Å². The van der Waals surface area contributed by atoms with Gasteiger partial charge in [-0.25, -0.2) is 0 Å². The standard InChI is InChI=1S/C21H22F3N3O/c22-21(23,24)17-3-1-2-13(8-17)14-6-7-26-19(9-14)20(28)27-11-15-4-5-16(12-27)18(15)10-25/h1-3,6-9,15-16,18H,4-5,10-12,25H2. The monoisotopic (exact) mass is 389 g/mol. The Hall–Kier alpha value is -2.41. The number of nitrogens with zero attached hydrogens (tertiary/aromatic N) is 2. The summed E-state index contributed by atoms with van der Waals surface area (Å²) >= 11 is 0. The minimum Gasteiger partial charge on any atom is -0.337 e. The van der Waals surface area contributed by atoms with Gasteiger partial charge in [0.2, 0.25) is 0 Å². The number of halogens is 3. The number of pyridine rings is 1. The summed E-state index contributed by atoms with van der Waals surface area (Å²) in [7, 11) is 0. The number of likely N-dealkylation sites (tertiary alicyclic amines) is 1. The highest BCUT2D eigenvalue weighted by Gasteiger charge is 2.42. The second-order valence-electron chi connectivity index (χ2n) is 7.72. The van der Waals surface area contributed by atoms with Crippen LogP contribution >= 0.6 is 0 Å². The maximum Gasteiger partial charge on any atom is 0.416 e. The van der Waals surface area contributed by atoms with E-state index in [1.165, 1.54) is 12.3 Å². The Morgan fingerprint density at radius 1 is 1.11 bits per heavy atom. The zero-order valence-electron chi connectivity index (χ0n) is 15.3. The van der Waals surface area contributed by atoms with E-state index in [1.54, 1.807) is 18.2 Å². The Morgan fingerprint density at radius 2 is 1.79 bits per heavy atom. The summed E-state index contributed by atoms with van der Waals surface area (Å²) < 4.78 is 39.0. The summed E-state index contributed by atoms with van der Waals surface area (Å²) in [6, 6.07) is 8.30. The zero-order valence-corrected chi connectivity index (χ0v) is 15.3. The lowest BCUT2D eigenvalue weighted by atomic mass is 9.85. The van der Waals surface area contributed by atoms with Gasteiger partial charge in [-0.1, -0.05) is 12.1 Å². The van der Waals surface area contributed by atoms with Crippen LogP contribution in [0.15, 0.2) is 42.6 Å². The van der Waals surface area contributed by atoms with Crippen LogP contribution in [0.25, 0.3) is 11.1 Å². The molecule has 2 unspecified atom stereocenters. The van der Waals surface area contributed by atoms with Gasteiger partial charge in [0.05, 0.1) is 5.56 Å². The summed E-state index contributed by atoms with van der Waals surface area (Å²) in [6.45, 7) is 2.00. The first-order chi connectivity index (χ1) is 13.4. The van der Waals surface area contributed by atoms with Crippen LogP contribution in [0.1, 0.15) is 28.9 Å². The van der Waals surface area contributed by atoms with Gasteiger partial charge in [-0.15, -0.1) is 0 Å². The fourth-order valence-electron chi connectivity index (χ4n) is 4.65. The van der Waals surface area contributed by atoms with E-state index in [4.69, 9.17) is 5.73 Å². The summed E-state index contributed by atoms with van der Waals surface area (Å²) in [5.41, 5.74) is 6.40. The van der Waals surface area contributed by atoms with Crippen molar-refractivity contribution >= 4 is 5.91 Å². The molecule has 1 amide bonds. The fraction of sp³-hybridized carbons (Fsp3) is 0.429. The number of rotatable bonds is 3. The molecule has 2 N–H and O–H groups in total. The lowest BCUT2D eigenvalue weighted by Gasteiger charge is -2.37.